The lowest BCUT2D eigenvalue weighted by atomic mass is 9.78. The summed E-state index contributed by atoms with van der Waals surface area (Å²) >= 11 is 0. The number of hydrogen-bond acceptors (Lipinski definition) is 4. The summed E-state index contributed by atoms with van der Waals surface area (Å²) in [6, 6.07) is 10.0. The summed E-state index contributed by atoms with van der Waals surface area (Å²) in [4.78, 5) is 23.1. The van der Waals surface area contributed by atoms with Gasteiger partial charge in [-0.05, 0) is 44.5 Å². The van der Waals surface area contributed by atoms with Gasteiger partial charge in [-0.25, -0.2) is 4.68 Å². The van der Waals surface area contributed by atoms with Crippen molar-refractivity contribution in [1.82, 2.24) is 15.1 Å². The molecule has 0 bridgehead atoms. The zero-order valence-corrected chi connectivity index (χ0v) is 13.6. The van der Waals surface area contributed by atoms with Crippen molar-refractivity contribution in [2.45, 2.75) is 32.2 Å². The lowest BCUT2D eigenvalue weighted by Crippen LogP contribution is -2.42. The number of ketones is 1. The highest BCUT2D eigenvalue weighted by Crippen LogP contribution is 2.37. The fourth-order valence-electron chi connectivity index (χ4n) is 3.46. The van der Waals surface area contributed by atoms with Crippen LogP contribution >= 0.6 is 0 Å². The van der Waals surface area contributed by atoms with E-state index in [1.165, 1.54) is 0 Å². The predicted molar refractivity (Wildman–Crippen MR) is 87.7 cm³/mol. The molecule has 1 aromatic carbocycles. The molecule has 0 radical (unpaired) electrons. The van der Waals surface area contributed by atoms with Crippen molar-refractivity contribution in [1.29, 1.82) is 0 Å². The third-order valence-electron chi connectivity index (χ3n) is 4.64. The molecule has 5 nitrogen and oxygen atoms in total. The van der Waals surface area contributed by atoms with E-state index in [-0.39, 0.29) is 17.6 Å². The van der Waals surface area contributed by atoms with Gasteiger partial charge in [0.15, 0.2) is 6.29 Å². The van der Waals surface area contributed by atoms with Gasteiger partial charge in [0.05, 0.1) is 17.3 Å². The summed E-state index contributed by atoms with van der Waals surface area (Å²) in [5, 5.41) is 7.98. The van der Waals surface area contributed by atoms with Crippen LogP contribution in [0.15, 0.2) is 36.5 Å². The van der Waals surface area contributed by atoms with Crippen molar-refractivity contribution in [2.24, 2.45) is 5.92 Å². The third kappa shape index (κ3) is 2.84. The molecule has 1 saturated heterocycles. The minimum atomic E-state index is -0.407. The highest BCUT2D eigenvalue weighted by atomic mass is 16.2. The molecule has 23 heavy (non-hydrogen) atoms. The number of benzene rings is 1. The Balaban J connectivity index is 1.93. The van der Waals surface area contributed by atoms with E-state index in [9.17, 15) is 9.59 Å². The van der Waals surface area contributed by atoms with E-state index in [4.69, 9.17) is 0 Å². The van der Waals surface area contributed by atoms with Crippen LogP contribution in [0.2, 0.25) is 0 Å². The SMILES string of the molecule is Cc1cccc(-n2ccc(C3CNC(C)(C)C3C(=O)C=O)n2)c1. The fourth-order valence-corrected chi connectivity index (χ4v) is 3.46. The van der Waals surface area contributed by atoms with Gasteiger partial charge in [0.2, 0.25) is 5.78 Å². The second-order valence-corrected chi connectivity index (χ2v) is 6.73. The van der Waals surface area contributed by atoms with Crippen LogP contribution in [-0.4, -0.2) is 33.9 Å². The van der Waals surface area contributed by atoms with Gasteiger partial charge >= 0.3 is 0 Å². The van der Waals surface area contributed by atoms with Gasteiger partial charge in [-0.2, -0.15) is 5.10 Å². The van der Waals surface area contributed by atoms with E-state index in [1.807, 2.05) is 55.9 Å². The van der Waals surface area contributed by atoms with E-state index in [0.29, 0.717) is 12.8 Å². The van der Waals surface area contributed by atoms with Crippen LogP contribution < -0.4 is 5.32 Å². The molecule has 0 saturated carbocycles. The molecule has 2 heterocycles. The summed E-state index contributed by atoms with van der Waals surface area (Å²) in [5.74, 6) is -0.843. The quantitative estimate of drug-likeness (QED) is 0.693. The number of aryl methyl sites for hydroxylation is 1. The Kier molecular flexibility index (Phi) is 3.90. The number of carbonyl (C=O) groups is 2. The number of hydrogen-bond donors (Lipinski definition) is 1. The van der Waals surface area contributed by atoms with Crippen molar-refractivity contribution in [2.75, 3.05) is 6.54 Å². The Labute approximate surface area is 135 Å². The number of nitrogens with zero attached hydrogens (tertiary/aromatic N) is 2. The van der Waals surface area contributed by atoms with E-state index >= 15 is 0 Å². The van der Waals surface area contributed by atoms with Crippen LogP contribution in [0.3, 0.4) is 0 Å². The summed E-state index contributed by atoms with van der Waals surface area (Å²) in [5.41, 5.74) is 2.58. The minimum Gasteiger partial charge on any atom is -0.310 e. The minimum absolute atomic E-state index is 0.0891. The van der Waals surface area contributed by atoms with Crippen molar-refractivity contribution in [3.63, 3.8) is 0 Å². The van der Waals surface area contributed by atoms with Gasteiger partial charge in [-0.3, -0.25) is 9.59 Å². The first-order valence-corrected chi connectivity index (χ1v) is 7.79. The number of rotatable bonds is 4. The van der Waals surface area contributed by atoms with E-state index in [2.05, 4.69) is 16.5 Å². The molecule has 0 amide bonds. The summed E-state index contributed by atoms with van der Waals surface area (Å²) in [7, 11) is 0. The number of carbonyl (C=O) groups excluding carboxylic acids is 2. The zero-order chi connectivity index (χ0) is 16.6. The molecule has 1 N–H and O–H groups in total. The molecule has 2 unspecified atom stereocenters. The summed E-state index contributed by atoms with van der Waals surface area (Å²) in [6.45, 7) is 6.59. The number of nitrogens with one attached hydrogen (secondary N) is 1. The molecular weight excluding hydrogens is 290 g/mol. The maximum atomic E-state index is 12.1. The molecule has 1 aromatic heterocycles. The average molecular weight is 311 g/mol. The van der Waals surface area contributed by atoms with Crippen molar-refractivity contribution < 1.29 is 9.59 Å². The van der Waals surface area contributed by atoms with Crippen LogP contribution in [-0.2, 0) is 9.59 Å². The van der Waals surface area contributed by atoms with E-state index in [0.717, 1.165) is 16.9 Å². The highest BCUT2D eigenvalue weighted by Gasteiger charge is 2.47. The molecule has 1 aliphatic heterocycles. The Morgan fingerprint density at radius 2 is 2.17 bits per heavy atom. The normalized spacial score (nSPS) is 22.9. The Morgan fingerprint density at radius 1 is 1.39 bits per heavy atom. The van der Waals surface area contributed by atoms with E-state index in [1.54, 1.807) is 0 Å². The van der Waals surface area contributed by atoms with Gasteiger partial charge in [0, 0.05) is 24.2 Å². The first-order chi connectivity index (χ1) is 10.9. The topological polar surface area (TPSA) is 64.0 Å². The molecule has 0 spiro atoms. The summed E-state index contributed by atoms with van der Waals surface area (Å²) in [6.07, 6.45) is 2.34. The van der Waals surface area contributed by atoms with Crippen LogP contribution in [0.25, 0.3) is 5.69 Å². The second-order valence-electron chi connectivity index (χ2n) is 6.73. The Hall–Kier alpha value is -2.27. The zero-order valence-electron chi connectivity index (χ0n) is 13.6. The lowest BCUT2D eigenvalue weighted by molar-refractivity contribution is -0.133. The van der Waals surface area contributed by atoms with Gasteiger partial charge in [0.1, 0.15) is 0 Å². The fraction of sp³-hybridized carbons (Fsp3) is 0.389. The van der Waals surface area contributed by atoms with Crippen LogP contribution in [0, 0.1) is 12.8 Å². The molecule has 1 aliphatic rings. The molecule has 0 aliphatic carbocycles. The smallest absolute Gasteiger partial charge is 0.200 e. The number of aldehydes is 1. The van der Waals surface area contributed by atoms with Gasteiger partial charge < -0.3 is 5.32 Å². The van der Waals surface area contributed by atoms with Crippen LogP contribution in [0.5, 0.6) is 0 Å². The Bertz CT molecular complexity index is 748. The van der Waals surface area contributed by atoms with Crippen molar-refractivity contribution >= 4 is 12.1 Å². The molecule has 3 rings (SSSR count). The van der Waals surface area contributed by atoms with Crippen molar-refractivity contribution in [3.05, 3.63) is 47.8 Å². The van der Waals surface area contributed by atoms with E-state index < -0.39 is 5.54 Å². The van der Waals surface area contributed by atoms with Gasteiger partial charge in [0.25, 0.3) is 0 Å². The molecule has 2 atom stereocenters. The van der Waals surface area contributed by atoms with Crippen molar-refractivity contribution in [3.8, 4) is 5.69 Å². The Morgan fingerprint density at radius 3 is 2.87 bits per heavy atom. The number of Topliss-reactive ketones (excluding diaryl/α,β-unsaturated/α-hetero) is 1. The highest BCUT2D eigenvalue weighted by molar-refractivity contribution is 6.26. The lowest BCUT2D eigenvalue weighted by Gasteiger charge is -2.26. The first-order valence-electron chi connectivity index (χ1n) is 7.79. The van der Waals surface area contributed by atoms with Gasteiger partial charge in [-0.1, -0.05) is 12.1 Å². The predicted octanol–water partition coefficient (Wildman–Crippen LogP) is 2.03. The summed E-state index contributed by atoms with van der Waals surface area (Å²) < 4.78 is 1.82. The van der Waals surface area contributed by atoms with Crippen LogP contribution in [0.4, 0.5) is 0 Å². The standard InChI is InChI=1S/C18H21N3O2/c1-12-5-4-6-13(9-12)21-8-7-15(20-21)14-10-19-18(2,3)17(14)16(23)11-22/h4-9,11,14,17,19H,10H2,1-3H3. The second kappa shape index (κ2) is 5.74. The molecule has 120 valence electrons. The average Bonchev–Trinajstić information content (AvgIpc) is 3.10. The largest absolute Gasteiger partial charge is 0.310 e. The first kappa shape index (κ1) is 15.6. The molecular formula is C18H21N3O2. The molecule has 5 heteroatoms. The third-order valence-corrected chi connectivity index (χ3v) is 4.64. The van der Waals surface area contributed by atoms with Gasteiger partial charge in [-0.15, -0.1) is 0 Å². The molecule has 1 fully saturated rings. The molecule has 2 aromatic rings. The number of aromatic nitrogens is 2. The maximum Gasteiger partial charge on any atom is 0.200 e. The van der Waals surface area contributed by atoms with Crippen LogP contribution in [0.1, 0.15) is 31.0 Å². The maximum absolute atomic E-state index is 12.1. The monoisotopic (exact) mass is 311 g/mol.